The second-order valence-corrected chi connectivity index (χ2v) is 8.41. The fraction of sp³-hybridized carbons (Fsp3) is 0.737. The number of nitrogens with two attached hydrogens (primary N) is 1. The van der Waals surface area contributed by atoms with Crippen LogP contribution in [-0.2, 0) is 24.0 Å². The second kappa shape index (κ2) is 13.9. The molecule has 31 heavy (non-hydrogen) atoms. The minimum atomic E-state index is -1.43. The van der Waals surface area contributed by atoms with Crippen LogP contribution in [0, 0.1) is 11.8 Å². The van der Waals surface area contributed by atoms with Crippen molar-refractivity contribution in [2.24, 2.45) is 17.6 Å². The average Bonchev–Trinajstić information content (AvgIpc) is 2.65. The van der Waals surface area contributed by atoms with Crippen molar-refractivity contribution in [3.05, 3.63) is 0 Å². The van der Waals surface area contributed by atoms with Gasteiger partial charge in [0.15, 0.2) is 0 Å². The highest BCUT2D eigenvalue weighted by molar-refractivity contribution is 7.80. The standard InChI is InChI=1S/C19H34N4O7S/c1-9(2)7-11(20)16(26)23-15(10(3)4)18(28)22-13(8-31)17(27)21-12(19(29)30)5-6-14(24)25/h9-13,15,31H,5-8,20H2,1-4H3,(H,21,27)(H,22,28)(H,23,26)(H,24,25)(H,29,30). The van der Waals surface area contributed by atoms with E-state index in [4.69, 9.17) is 10.8 Å². The summed E-state index contributed by atoms with van der Waals surface area (Å²) in [7, 11) is 0. The minimum Gasteiger partial charge on any atom is -0.481 e. The Balaban J connectivity index is 5.15. The maximum Gasteiger partial charge on any atom is 0.326 e. The SMILES string of the molecule is CC(C)CC(N)C(=O)NC(C(=O)NC(CS)C(=O)NC(CCC(=O)O)C(=O)O)C(C)C. The van der Waals surface area contributed by atoms with Crippen LogP contribution in [0.2, 0.25) is 0 Å². The lowest BCUT2D eigenvalue weighted by atomic mass is 10.00. The van der Waals surface area contributed by atoms with Gasteiger partial charge in [-0.1, -0.05) is 27.7 Å². The number of hydrogen-bond acceptors (Lipinski definition) is 7. The molecule has 0 aromatic carbocycles. The molecule has 12 heteroatoms. The Morgan fingerprint density at radius 1 is 0.871 bits per heavy atom. The van der Waals surface area contributed by atoms with Gasteiger partial charge in [0.1, 0.15) is 18.1 Å². The summed E-state index contributed by atoms with van der Waals surface area (Å²) in [6.07, 6.45) is -0.331. The smallest absolute Gasteiger partial charge is 0.326 e. The van der Waals surface area contributed by atoms with Gasteiger partial charge in [0.25, 0.3) is 0 Å². The van der Waals surface area contributed by atoms with E-state index >= 15 is 0 Å². The molecule has 4 unspecified atom stereocenters. The van der Waals surface area contributed by atoms with Gasteiger partial charge in [-0.05, 0) is 24.7 Å². The van der Waals surface area contributed by atoms with Crippen molar-refractivity contribution in [3.8, 4) is 0 Å². The summed E-state index contributed by atoms with van der Waals surface area (Å²) in [5.74, 6) is -4.84. The summed E-state index contributed by atoms with van der Waals surface area (Å²) in [5, 5.41) is 25.1. The van der Waals surface area contributed by atoms with E-state index in [2.05, 4.69) is 28.6 Å². The van der Waals surface area contributed by atoms with Crippen LogP contribution < -0.4 is 21.7 Å². The molecule has 0 aromatic heterocycles. The van der Waals surface area contributed by atoms with Crippen LogP contribution >= 0.6 is 12.6 Å². The number of hydrogen-bond donors (Lipinski definition) is 7. The molecule has 0 bridgehead atoms. The molecule has 0 saturated heterocycles. The fourth-order valence-electron chi connectivity index (χ4n) is 2.66. The van der Waals surface area contributed by atoms with Crippen molar-refractivity contribution in [1.29, 1.82) is 0 Å². The molecular weight excluding hydrogens is 428 g/mol. The Bertz CT molecular complexity index is 657. The third kappa shape index (κ3) is 11.0. The Morgan fingerprint density at radius 2 is 1.42 bits per heavy atom. The Hall–Kier alpha value is -2.34. The molecule has 0 fully saturated rings. The number of carbonyl (C=O) groups excluding carboxylic acids is 3. The van der Waals surface area contributed by atoms with E-state index in [1.165, 1.54) is 0 Å². The first kappa shape index (κ1) is 28.7. The number of rotatable bonds is 14. The van der Waals surface area contributed by atoms with E-state index in [-0.39, 0.29) is 24.0 Å². The lowest BCUT2D eigenvalue weighted by Gasteiger charge is -2.26. The predicted molar refractivity (Wildman–Crippen MR) is 116 cm³/mol. The Morgan fingerprint density at radius 3 is 1.84 bits per heavy atom. The molecule has 0 radical (unpaired) electrons. The van der Waals surface area contributed by atoms with Gasteiger partial charge in [-0.3, -0.25) is 19.2 Å². The van der Waals surface area contributed by atoms with Crippen molar-refractivity contribution < 1.29 is 34.2 Å². The van der Waals surface area contributed by atoms with Gasteiger partial charge >= 0.3 is 11.9 Å². The van der Waals surface area contributed by atoms with E-state index in [0.717, 1.165) is 0 Å². The highest BCUT2D eigenvalue weighted by Gasteiger charge is 2.31. The van der Waals surface area contributed by atoms with Gasteiger partial charge in [0.05, 0.1) is 6.04 Å². The summed E-state index contributed by atoms with van der Waals surface area (Å²) >= 11 is 4.02. The molecular formula is C19H34N4O7S. The zero-order valence-electron chi connectivity index (χ0n) is 18.3. The van der Waals surface area contributed by atoms with Gasteiger partial charge in [-0.15, -0.1) is 0 Å². The molecule has 0 saturated carbocycles. The summed E-state index contributed by atoms with van der Waals surface area (Å²) in [5.41, 5.74) is 5.86. The van der Waals surface area contributed by atoms with Gasteiger partial charge in [0.2, 0.25) is 17.7 Å². The largest absolute Gasteiger partial charge is 0.481 e. The van der Waals surface area contributed by atoms with Gasteiger partial charge in [-0.25, -0.2) is 4.79 Å². The maximum absolute atomic E-state index is 12.7. The first-order chi connectivity index (χ1) is 14.3. The molecule has 3 amide bonds. The molecule has 0 aliphatic heterocycles. The highest BCUT2D eigenvalue weighted by Crippen LogP contribution is 2.07. The normalized spacial score (nSPS) is 15.0. The van der Waals surface area contributed by atoms with Crippen LogP contribution in [0.1, 0.15) is 47.0 Å². The van der Waals surface area contributed by atoms with E-state index in [1.54, 1.807) is 13.8 Å². The number of nitrogens with one attached hydrogen (secondary N) is 3. The van der Waals surface area contributed by atoms with Crippen molar-refractivity contribution in [3.63, 3.8) is 0 Å². The topological polar surface area (TPSA) is 188 Å². The molecule has 7 N–H and O–H groups in total. The van der Waals surface area contributed by atoms with Crippen molar-refractivity contribution in [1.82, 2.24) is 16.0 Å². The first-order valence-electron chi connectivity index (χ1n) is 10.0. The van der Waals surface area contributed by atoms with Crippen molar-refractivity contribution in [2.75, 3.05) is 5.75 Å². The molecule has 4 atom stereocenters. The molecule has 0 heterocycles. The van der Waals surface area contributed by atoms with Crippen LogP contribution in [0.3, 0.4) is 0 Å². The third-order valence-electron chi connectivity index (χ3n) is 4.39. The van der Waals surface area contributed by atoms with E-state index in [1.807, 2.05) is 13.8 Å². The minimum absolute atomic E-state index is 0.144. The number of amides is 3. The Kier molecular flexibility index (Phi) is 12.8. The van der Waals surface area contributed by atoms with Crippen LogP contribution in [-0.4, -0.2) is 69.8 Å². The van der Waals surface area contributed by atoms with Crippen LogP contribution in [0.4, 0.5) is 0 Å². The lowest BCUT2D eigenvalue weighted by Crippen LogP contribution is -2.59. The maximum atomic E-state index is 12.7. The fourth-order valence-corrected chi connectivity index (χ4v) is 2.92. The zero-order chi connectivity index (χ0) is 24.3. The van der Waals surface area contributed by atoms with Gasteiger partial charge < -0.3 is 31.9 Å². The van der Waals surface area contributed by atoms with Crippen LogP contribution in [0.15, 0.2) is 0 Å². The average molecular weight is 463 g/mol. The molecule has 0 rings (SSSR count). The quantitative estimate of drug-likeness (QED) is 0.166. The van der Waals surface area contributed by atoms with Crippen molar-refractivity contribution in [2.45, 2.75) is 71.1 Å². The summed E-state index contributed by atoms with van der Waals surface area (Å²) < 4.78 is 0. The molecule has 0 spiro atoms. The van der Waals surface area contributed by atoms with Crippen LogP contribution in [0.5, 0.6) is 0 Å². The highest BCUT2D eigenvalue weighted by atomic mass is 32.1. The van der Waals surface area contributed by atoms with Crippen LogP contribution in [0.25, 0.3) is 0 Å². The predicted octanol–water partition coefficient (Wildman–Crippen LogP) is -0.651. The third-order valence-corrected chi connectivity index (χ3v) is 4.75. The molecule has 0 aromatic rings. The summed E-state index contributed by atoms with van der Waals surface area (Å²) in [6, 6.07) is -4.38. The lowest BCUT2D eigenvalue weighted by molar-refractivity contribution is -0.143. The number of carbonyl (C=O) groups is 5. The number of thiol groups is 1. The molecule has 0 aliphatic rings. The summed E-state index contributed by atoms with van der Waals surface area (Å²) in [4.78, 5) is 59.4. The van der Waals surface area contributed by atoms with E-state index in [0.29, 0.717) is 6.42 Å². The van der Waals surface area contributed by atoms with Gasteiger partial charge in [0, 0.05) is 12.2 Å². The molecule has 178 valence electrons. The van der Waals surface area contributed by atoms with E-state index < -0.39 is 60.2 Å². The zero-order valence-corrected chi connectivity index (χ0v) is 19.1. The number of aliphatic carboxylic acids is 2. The first-order valence-corrected chi connectivity index (χ1v) is 10.6. The summed E-state index contributed by atoms with van der Waals surface area (Å²) in [6.45, 7) is 7.24. The number of carboxylic acid groups (broad SMARTS) is 2. The number of carboxylic acids is 2. The second-order valence-electron chi connectivity index (χ2n) is 8.04. The Labute approximate surface area is 187 Å². The monoisotopic (exact) mass is 462 g/mol. The van der Waals surface area contributed by atoms with E-state index in [9.17, 15) is 29.1 Å². The van der Waals surface area contributed by atoms with Gasteiger partial charge in [-0.2, -0.15) is 12.6 Å². The molecule has 0 aliphatic carbocycles. The van der Waals surface area contributed by atoms with Crippen molar-refractivity contribution >= 4 is 42.3 Å². The molecule has 11 nitrogen and oxygen atoms in total.